The number of methoxy groups -OCH3 is 1. The van der Waals surface area contributed by atoms with Crippen LogP contribution in [0.5, 0.6) is 0 Å². The lowest BCUT2D eigenvalue weighted by Gasteiger charge is -2.43. The molecule has 4 nitrogen and oxygen atoms in total. The van der Waals surface area contributed by atoms with Crippen molar-refractivity contribution < 1.29 is 4.74 Å². The molecule has 1 aromatic rings. The van der Waals surface area contributed by atoms with Gasteiger partial charge >= 0.3 is 0 Å². The Morgan fingerprint density at radius 3 is 2.64 bits per heavy atom. The standard InChI is InChI=1S/C19H28BrN3O.HI/c1-21-18(23-11-8-15(12-23)13-24-2)22-14-19(9-3-10-19)16-4-6-17(20)7-5-16;/h4-7,15H,3,8-14H2,1-2H3,(H,21,22);1H. The lowest BCUT2D eigenvalue weighted by atomic mass is 9.64. The Kier molecular flexibility index (Phi) is 8.01. The van der Waals surface area contributed by atoms with Crippen molar-refractivity contribution in [2.45, 2.75) is 31.1 Å². The molecule has 1 saturated heterocycles. The molecule has 1 aromatic carbocycles. The van der Waals surface area contributed by atoms with E-state index in [1.165, 1.54) is 31.2 Å². The van der Waals surface area contributed by atoms with Gasteiger partial charge in [0.2, 0.25) is 0 Å². The lowest BCUT2D eigenvalue weighted by Crippen LogP contribution is -2.49. The Labute approximate surface area is 176 Å². The number of ether oxygens (including phenoxy) is 1. The van der Waals surface area contributed by atoms with Crippen LogP contribution in [0.1, 0.15) is 31.2 Å². The van der Waals surface area contributed by atoms with Crippen LogP contribution in [0, 0.1) is 5.92 Å². The first kappa shape index (κ1) is 21.0. The molecule has 0 spiro atoms. The monoisotopic (exact) mass is 521 g/mol. The Balaban J connectivity index is 0.00000225. The first-order valence-corrected chi connectivity index (χ1v) is 9.67. The fourth-order valence-electron chi connectivity index (χ4n) is 3.95. The largest absolute Gasteiger partial charge is 0.384 e. The molecule has 1 unspecified atom stereocenters. The van der Waals surface area contributed by atoms with Gasteiger partial charge in [-0.3, -0.25) is 4.99 Å². The summed E-state index contributed by atoms with van der Waals surface area (Å²) in [5.74, 6) is 1.66. The molecule has 0 bridgehead atoms. The minimum Gasteiger partial charge on any atom is -0.384 e. The van der Waals surface area contributed by atoms with Crippen LogP contribution >= 0.6 is 39.9 Å². The Bertz CT molecular complexity index is 575. The molecule has 1 atom stereocenters. The van der Waals surface area contributed by atoms with E-state index in [9.17, 15) is 0 Å². The molecule has 6 heteroatoms. The van der Waals surface area contributed by atoms with Gasteiger partial charge in [0.05, 0.1) is 6.61 Å². The smallest absolute Gasteiger partial charge is 0.193 e. The van der Waals surface area contributed by atoms with Crippen LogP contribution in [0.2, 0.25) is 0 Å². The minimum absolute atomic E-state index is 0. The van der Waals surface area contributed by atoms with E-state index in [-0.39, 0.29) is 29.4 Å². The van der Waals surface area contributed by atoms with E-state index < -0.39 is 0 Å². The van der Waals surface area contributed by atoms with E-state index in [2.05, 4.69) is 55.4 Å². The second kappa shape index (κ2) is 9.55. The van der Waals surface area contributed by atoms with Gasteiger partial charge < -0.3 is 15.0 Å². The van der Waals surface area contributed by atoms with Gasteiger partial charge in [0.1, 0.15) is 0 Å². The van der Waals surface area contributed by atoms with Crippen molar-refractivity contribution in [3.8, 4) is 0 Å². The number of halogens is 2. The quantitative estimate of drug-likeness (QED) is 0.361. The fraction of sp³-hybridized carbons (Fsp3) is 0.632. The first-order valence-electron chi connectivity index (χ1n) is 8.87. The molecule has 3 rings (SSSR count). The molecule has 0 aromatic heterocycles. The molecule has 1 N–H and O–H groups in total. The maximum atomic E-state index is 5.30. The molecule has 25 heavy (non-hydrogen) atoms. The molecule has 1 aliphatic carbocycles. The zero-order valence-corrected chi connectivity index (χ0v) is 19.0. The van der Waals surface area contributed by atoms with Crippen LogP contribution in [0.15, 0.2) is 33.7 Å². The molecule has 1 heterocycles. The normalized spacial score (nSPS) is 22.3. The predicted molar refractivity (Wildman–Crippen MR) is 118 cm³/mol. The zero-order valence-electron chi connectivity index (χ0n) is 15.1. The molecule has 2 aliphatic rings. The van der Waals surface area contributed by atoms with Crippen molar-refractivity contribution in [2.75, 3.05) is 40.4 Å². The number of benzene rings is 1. The molecule has 1 aliphatic heterocycles. The number of aliphatic imine (C=N–C) groups is 1. The summed E-state index contributed by atoms with van der Waals surface area (Å²) in [6.45, 7) is 3.92. The van der Waals surface area contributed by atoms with E-state index in [0.29, 0.717) is 5.92 Å². The molecule has 0 amide bonds. The van der Waals surface area contributed by atoms with E-state index >= 15 is 0 Å². The Hall–Kier alpha value is -0.340. The third-order valence-electron chi connectivity index (χ3n) is 5.55. The van der Waals surface area contributed by atoms with Crippen molar-refractivity contribution in [3.05, 3.63) is 34.3 Å². The van der Waals surface area contributed by atoms with Gasteiger partial charge in [0, 0.05) is 49.6 Å². The highest BCUT2D eigenvalue weighted by atomic mass is 127. The van der Waals surface area contributed by atoms with Crippen LogP contribution in [-0.4, -0.2) is 51.3 Å². The zero-order chi connectivity index (χ0) is 17.0. The van der Waals surface area contributed by atoms with Gasteiger partial charge in [-0.15, -0.1) is 24.0 Å². The highest BCUT2D eigenvalue weighted by molar-refractivity contribution is 14.0. The fourth-order valence-corrected chi connectivity index (χ4v) is 4.22. The van der Waals surface area contributed by atoms with Crippen molar-refractivity contribution in [1.82, 2.24) is 10.2 Å². The number of hydrogen-bond donors (Lipinski definition) is 1. The van der Waals surface area contributed by atoms with Crippen LogP contribution in [0.3, 0.4) is 0 Å². The molecular formula is C19H29BrIN3O. The van der Waals surface area contributed by atoms with E-state index in [4.69, 9.17) is 4.74 Å². The van der Waals surface area contributed by atoms with E-state index in [1.807, 2.05) is 7.05 Å². The molecule has 0 radical (unpaired) electrons. The molecule has 140 valence electrons. The topological polar surface area (TPSA) is 36.9 Å². The number of nitrogens with zero attached hydrogens (tertiary/aromatic N) is 2. The second-order valence-electron chi connectivity index (χ2n) is 7.10. The maximum absolute atomic E-state index is 5.30. The van der Waals surface area contributed by atoms with Crippen LogP contribution in [-0.2, 0) is 10.2 Å². The summed E-state index contributed by atoms with van der Waals surface area (Å²) in [5, 5.41) is 3.65. The van der Waals surface area contributed by atoms with Gasteiger partial charge in [-0.05, 0) is 37.0 Å². The van der Waals surface area contributed by atoms with Crippen LogP contribution < -0.4 is 5.32 Å². The molecule has 2 fully saturated rings. The number of likely N-dealkylation sites (tertiary alicyclic amines) is 1. The van der Waals surface area contributed by atoms with E-state index in [1.54, 1.807) is 7.11 Å². The number of nitrogens with one attached hydrogen (secondary N) is 1. The van der Waals surface area contributed by atoms with Crippen molar-refractivity contribution in [2.24, 2.45) is 10.9 Å². The number of hydrogen-bond acceptors (Lipinski definition) is 2. The van der Waals surface area contributed by atoms with Crippen molar-refractivity contribution >= 4 is 45.9 Å². The lowest BCUT2D eigenvalue weighted by molar-refractivity contribution is 0.157. The number of guanidine groups is 1. The first-order chi connectivity index (χ1) is 11.7. The number of rotatable bonds is 5. The SMILES string of the molecule is CN=C(NCC1(c2ccc(Br)cc2)CCC1)N1CCC(COC)C1.I. The maximum Gasteiger partial charge on any atom is 0.193 e. The van der Waals surface area contributed by atoms with Gasteiger partial charge in [0.25, 0.3) is 0 Å². The van der Waals surface area contributed by atoms with E-state index in [0.717, 1.165) is 36.7 Å². The van der Waals surface area contributed by atoms with Crippen LogP contribution in [0.4, 0.5) is 0 Å². The average Bonchev–Trinajstić information content (AvgIpc) is 3.00. The van der Waals surface area contributed by atoms with Gasteiger partial charge in [-0.2, -0.15) is 0 Å². The summed E-state index contributed by atoms with van der Waals surface area (Å²) in [7, 11) is 3.67. The Morgan fingerprint density at radius 1 is 1.36 bits per heavy atom. The average molecular weight is 522 g/mol. The van der Waals surface area contributed by atoms with Gasteiger partial charge in [0.15, 0.2) is 5.96 Å². The second-order valence-corrected chi connectivity index (χ2v) is 8.01. The third kappa shape index (κ3) is 4.89. The van der Waals surface area contributed by atoms with Crippen molar-refractivity contribution in [1.29, 1.82) is 0 Å². The summed E-state index contributed by atoms with van der Waals surface area (Å²) in [5.41, 5.74) is 1.71. The van der Waals surface area contributed by atoms with Gasteiger partial charge in [-0.25, -0.2) is 0 Å². The van der Waals surface area contributed by atoms with Gasteiger partial charge in [-0.1, -0.05) is 34.5 Å². The summed E-state index contributed by atoms with van der Waals surface area (Å²) in [6, 6.07) is 8.83. The molecule has 1 saturated carbocycles. The summed E-state index contributed by atoms with van der Waals surface area (Å²) in [4.78, 5) is 6.89. The predicted octanol–water partition coefficient (Wildman–Crippen LogP) is 4.03. The summed E-state index contributed by atoms with van der Waals surface area (Å²) in [6.07, 6.45) is 5.01. The third-order valence-corrected chi connectivity index (χ3v) is 6.08. The van der Waals surface area contributed by atoms with Crippen molar-refractivity contribution in [3.63, 3.8) is 0 Å². The Morgan fingerprint density at radius 2 is 2.08 bits per heavy atom. The summed E-state index contributed by atoms with van der Waals surface area (Å²) < 4.78 is 6.45. The molecular weight excluding hydrogens is 493 g/mol. The summed E-state index contributed by atoms with van der Waals surface area (Å²) >= 11 is 3.54. The minimum atomic E-state index is 0. The van der Waals surface area contributed by atoms with Crippen LogP contribution in [0.25, 0.3) is 0 Å². The highest BCUT2D eigenvalue weighted by Gasteiger charge is 2.39. The highest BCUT2D eigenvalue weighted by Crippen LogP contribution is 2.43.